The number of carbonyl (C=O) groups is 2. The third-order valence-corrected chi connectivity index (χ3v) is 4.41. The summed E-state index contributed by atoms with van der Waals surface area (Å²) in [6.45, 7) is 0.317. The molecule has 7 nitrogen and oxygen atoms in total. The standard InChI is InChI=1S/C14H15N3O4/c1-16-9-3-2-8-7(13(9)20-6-12(16)18)4-10-11(5-15)21-14(19)17(8)10/h2-3,10-11H,4-6,15H2,1H3/t10-,11-/m0/s1. The number of rotatable bonds is 1. The number of ether oxygens (including phenoxy) is 2. The Bertz CT molecular complexity index is 660. The summed E-state index contributed by atoms with van der Waals surface area (Å²) < 4.78 is 10.9. The Morgan fingerprint density at radius 1 is 1.33 bits per heavy atom. The van der Waals surface area contributed by atoms with Crippen molar-refractivity contribution >= 4 is 23.4 Å². The van der Waals surface area contributed by atoms with Gasteiger partial charge < -0.3 is 20.1 Å². The minimum atomic E-state index is -0.366. The summed E-state index contributed by atoms with van der Waals surface area (Å²) in [6.07, 6.45) is -0.0355. The molecule has 3 aliphatic heterocycles. The van der Waals surface area contributed by atoms with E-state index in [4.69, 9.17) is 15.2 Å². The van der Waals surface area contributed by atoms with E-state index in [-0.39, 0.29) is 30.8 Å². The molecule has 3 aliphatic rings. The number of hydrogen-bond donors (Lipinski definition) is 1. The molecular formula is C14H15N3O4. The molecule has 1 aromatic rings. The number of nitrogens with zero attached hydrogens (tertiary/aromatic N) is 2. The third-order valence-electron chi connectivity index (χ3n) is 4.41. The van der Waals surface area contributed by atoms with Crippen molar-refractivity contribution in [3.05, 3.63) is 17.7 Å². The van der Waals surface area contributed by atoms with Crippen molar-refractivity contribution in [2.24, 2.45) is 5.73 Å². The molecule has 0 unspecified atom stereocenters. The van der Waals surface area contributed by atoms with Crippen LogP contribution in [0.4, 0.5) is 16.2 Å². The first-order chi connectivity index (χ1) is 10.1. The van der Waals surface area contributed by atoms with Crippen molar-refractivity contribution in [1.29, 1.82) is 0 Å². The summed E-state index contributed by atoms with van der Waals surface area (Å²) in [6, 6.07) is 3.55. The topological polar surface area (TPSA) is 85.1 Å². The van der Waals surface area contributed by atoms with E-state index in [0.717, 1.165) is 16.9 Å². The van der Waals surface area contributed by atoms with Gasteiger partial charge in [-0.2, -0.15) is 0 Å². The van der Waals surface area contributed by atoms with Gasteiger partial charge in [0.05, 0.1) is 17.4 Å². The molecule has 2 amide bonds. The maximum absolute atomic E-state index is 12.0. The second-order valence-corrected chi connectivity index (χ2v) is 5.45. The van der Waals surface area contributed by atoms with Crippen LogP contribution in [0.2, 0.25) is 0 Å². The molecule has 2 N–H and O–H groups in total. The molecule has 1 fully saturated rings. The van der Waals surface area contributed by atoms with E-state index in [9.17, 15) is 9.59 Å². The maximum Gasteiger partial charge on any atom is 0.415 e. The van der Waals surface area contributed by atoms with Gasteiger partial charge in [0.2, 0.25) is 0 Å². The van der Waals surface area contributed by atoms with Crippen molar-refractivity contribution in [1.82, 2.24) is 0 Å². The van der Waals surface area contributed by atoms with Crippen LogP contribution in [0.5, 0.6) is 5.75 Å². The van der Waals surface area contributed by atoms with Crippen LogP contribution in [0.25, 0.3) is 0 Å². The molecule has 0 radical (unpaired) electrons. The first kappa shape index (κ1) is 12.5. The van der Waals surface area contributed by atoms with Crippen LogP contribution in [0, 0.1) is 0 Å². The highest BCUT2D eigenvalue weighted by molar-refractivity contribution is 6.00. The highest BCUT2D eigenvalue weighted by Gasteiger charge is 2.48. The summed E-state index contributed by atoms with van der Waals surface area (Å²) in [5, 5.41) is 0. The molecule has 1 saturated heterocycles. The maximum atomic E-state index is 12.0. The molecule has 0 aliphatic carbocycles. The Morgan fingerprint density at radius 3 is 2.86 bits per heavy atom. The van der Waals surface area contributed by atoms with Gasteiger partial charge in [-0.05, 0) is 12.1 Å². The van der Waals surface area contributed by atoms with E-state index in [1.165, 1.54) is 0 Å². The van der Waals surface area contributed by atoms with Crippen LogP contribution in [0.3, 0.4) is 0 Å². The number of cyclic esters (lactones) is 1. The monoisotopic (exact) mass is 289 g/mol. The van der Waals surface area contributed by atoms with Crippen LogP contribution < -0.4 is 20.3 Å². The van der Waals surface area contributed by atoms with Gasteiger partial charge in [0.25, 0.3) is 5.91 Å². The van der Waals surface area contributed by atoms with Gasteiger partial charge in [0, 0.05) is 25.6 Å². The smallest absolute Gasteiger partial charge is 0.415 e. The molecule has 0 saturated carbocycles. The van der Waals surface area contributed by atoms with E-state index >= 15 is 0 Å². The second kappa shape index (κ2) is 4.11. The van der Waals surface area contributed by atoms with Crippen molar-refractivity contribution in [2.75, 3.05) is 30.0 Å². The molecule has 2 atom stereocenters. The first-order valence-corrected chi connectivity index (χ1v) is 6.87. The lowest BCUT2D eigenvalue weighted by Crippen LogP contribution is -2.37. The van der Waals surface area contributed by atoms with Crippen LogP contribution in [-0.2, 0) is 16.0 Å². The van der Waals surface area contributed by atoms with Gasteiger partial charge in [0.1, 0.15) is 11.9 Å². The molecule has 21 heavy (non-hydrogen) atoms. The number of likely N-dealkylation sites (N-methyl/N-ethyl adjacent to an activating group) is 1. The lowest BCUT2D eigenvalue weighted by atomic mass is 10.0. The zero-order chi connectivity index (χ0) is 14.7. The Hall–Kier alpha value is -2.28. The van der Waals surface area contributed by atoms with E-state index in [1.54, 1.807) is 22.9 Å². The lowest BCUT2D eigenvalue weighted by Gasteiger charge is -2.27. The molecule has 4 rings (SSSR count). The zero-order valence-electron chi connectivity index (χ0n) is 11.5. The number of nitrogens with two attached hydrogens (primary N) is 1. The normalized spacial score (nSPS) is 26.2. The van der Waals surface area contributed by atoms with Crippen molar-refractivity contribution in [2.45, 2.75) is 18.6 Å². The number of hydrogen-bond acceptors (Lipinski definition) is 5. The van der Waals surface area contributed by atoms with E-state index in [1.807, 2.05) is 6.07 Å². The molecule has 7 heteroatoms. The summed E-state index contributed by atoms with van der Waals surface area (Å²) >= 11 is 0. The summed E-state index contributed by atoms with van der Waals surface area (Å²) in [5.74, 6) is 0.604. The molecule has 0 aromatic heterocycles. The van der Waals surface area contributed by atoms with Crippen LogP contribution in [0.15, 0.2) is 12.1 Å². The number of benzene rings is 1. The Labute approximate surface area is 121 Å². The van der Waals surface area contributed by atoms with Gasteiger partial charge in [-0.25, -0.2) is 4.79 Å². The number of amides is 2. The molecule has 3 heterocycles. The molecule has 110 valence electrons. The highest BCUT2D eigenvalue weighted by atomic mass is 16.6. The average molecular weight is 289 g/mol. The second-order valence-electron chi connectivity index (χ2n) is 5.45. The summed E-state index contributed by atoms with van der Waals surface area (Å²) in [5.41, 5.74) is 8.16. The molecular weight excluding hydrogens is 274 g/mol. The largest absolute Gasteiger partial charge is 0.481 e. The fourth-order valence-electron chi connectivity index (χ4n) is 3.30. The van der Waals surface area contributed by atoms with Crippen molar-refractivity contribution < 1.29 is 19.1 Å². The first-order valence-electron chi connectivity index (χ1n) is 6.87. The Kier molecular flexibility index (Phi) is 2.44. The van der Waals surface area contributed by atoms with E-state index in [0.29, 0.717) is 18.7 Å². The van der Waals surface area contributed by atoms with E-state index in [2.05, 4.69) is 0 Å². The van der Waals surface area contributed by atoms with Crippen molar-refractivity contribution in [3.8, 4) is 5.75 Å². The van der Waals surface area contributed by atoms with Crippen molar-refractivity contribution in [3.63, 3.8) is 0 Å². The number of anilines is 2. The third kappa shape index (κ3) is 1.52. The van der Waals surface area contributed by atoms with Crippen LogP contribution in [0.1, 0.15) is 5.56 Å². The SMILES string of the molecule is CN1C(=O)COc2c1ccc1c2C[C@H]2[C@H](CN)OC(=O)N12. The van der Waals surface area contributed by atoms with Crippen LogP contribution >= 0.6 is 0 Å². The Morgan fingerprint density at radius 2 is 2.10 bits per heavy atom. The molecule has 1 aromatic carbocycles. The van der Waals surface area contributed by atoms with Gasteiger partial charge in [-0.15, -0.1) is 0 Å². The number of fused-ring (bicyclic) bond motifs is 5. The molecule has 0 spiro atoms. The predicted octanol–water partition coefficient (Wildman–Crippen LogP) is 0.250. The van der Waals surface area contributed by atoms with Crippen LogP contribution in [-0.4, -0.2) is 44.3 Å². The highest BCUT2D eigenvalue weighted by Crippen LogP contribution is 2.47. The minimum absolute atomic E-state index is 0.0232. The fraction of sp³-hybridized carbons (Fsp3) is 0.429. The van der Waals surface area contributed by atoms with Gasteiger partial charge in [-0.1, -0.05) is 0 Å². The fourth-order valence-corrected chi connectivity index (χ4v) is 3.30. The van der Waals surface area contributed by atoms with E-state index < -0.39 is 0 Å². The Balaban J connectivity index is 1.82. The average Bonchev–Trinajstić information content (AvgIpc) is 3.00. The lowest BCUT2D eigenvalue weighted by molar-refractivity contribution is -0.121. The summed E-state index contributed by atoms with van der Waals surface area (Å²) in [4.78, 5) is 26.9. The predicted molar refractivity (Wildman–Crippen MR) is 74.6 cm³/mol. The minimum Gasteiger partial charge on any atom is -0.481 e. The zero-order valence-corrected chi connectivity index (χ0v) is 11.5. The molecule has 0 bridgehead atoms. The number of carbonyl (C=O) groups excluding carboxylic acids is 2. The van der Waals surface area contributed by atoms with Gasteiger partial charge in [-0.3, -0.25) is 9.69 Å². The van der Waals surface area contributed by atoms with Gasteiger partial charge in [0.15, 0.2) is 6.61 Å². The van der Waals surface area contributed by atoms with Gasteiger partial charge >= 0.3 is 6.09 Å². The summed E-state index contributed by atoms with van der Waals surface area (Å²) in [7, 11) is 1.73. The quantitative estimate of drug-likeness (QED) is 0.801.